The lowest BCUT2D eigenvalue weighted by Gasteiger charge is -2.23. The second kappa shape index (κ2) is 5.83. The molecule has 0 radical (unpaired) electrons. The highest BCUT2D eigenvalue weighted by molar-refractivity contribution is 5.98. The molecule has 1 saturated heterocycles. The van der Waals surface area contributed by atoms with Crippen LogP contribution in [0.1, 0.15) is 23.4 Å². The van der Waals surface area contributed by atoms with E-state index >= 15 is 0 Å². The van der Waals surface area contributed by atoms with Crippen LogP contribution in [-0.2, 0) is 4.79 Å². The molecule has 3 rings (SSSR count). The van der Waals surface area contributed by atoms with Crippen LogP contribution in [0.5, 0.6) is 0 Å². The van der Waals surface area contributed by atoms with Crippen molar-refractivity contribution in [3.8, 4) is 11.1 Å². The number of nitrogens with one attached hydrogen (secondary N) is 2. The maximum Gasteiger partial charge on any atom is 0.287 e. The molecule has 1 aromatic carbocycles. The van der Waals surface area contributed by atoms with E-state index in [0.717, 1.165) is 11.1 Å². The number of piperidine rings is 1. The number of amides is 2. The van der Waals surface area contributed by atoms with Gasteiger partial charge in [-0.2, -0.15) is 0 Å². The maximum atomic E-state index is 12.3. The average Bonchev–Trinajstić information content (AvgIpc) is 3.00. The lowest BCUT2D eigenvalue weighted by atomic mass is 10.0. The summed E-state index contributed by atoms with van der Waals surface area (Å²) in [4.78, 5) is 23.5. The quantitative estimate of drug-likeness (QED) is 0.905. The standard InChI is InChI=1S/C16H16N2O3/c19-14-7-6-12(10-17-14)18-16(20)15-13(8-9-21-15)11-4-2-1-3-5-11/h1-5,8-9,12H,6-7,10H2,(H,17,19)(H,18,20). The molecule has 1 aliphatic heterocycles. The zero-order valence-corrected chi connectivity index (χ0v) is 11.5. The predicted octanol–water partition coefficient (Wildman–Crippen LogP) is 1.96. The van der Waals surface area contributed by atoms with Crippen LogP contribution in [0.25, 0.3) is 11.1 Å². The maximum absolute atomic E-state index is 12.3. The fraction of sp³-hybridized carbons (Fsp3) is 0.250. The Hall–Kier alpha value is -2.56. The van der Waals surface area contributed by atoms with E-state index in [1.165, 1.54) is 6.26 Å². The molecule has 2 heterocycles. The minimum atomic E-state index is -0.250. The molecule has 2 aromatic rings. The molecule has 1 atom stereocenters. The van der Waals surface area contributed by atoms with E-state index in [1.807, 2.05) is 30.3 Å². The van der Waals surface area contributed by atoms with Gasteiger partial charge in [-0.15, -0.1) is 0 Å². The van der Waals surface area contributed by atoms with Crippen LogP contribution in [0.2, 0.25) is 0 Å². The first-order chi connectivity index (χ1) is 10.2. The van der Waals surface area contributed by atoms with Crippen molar-refractivity contribution in [2.75, 3.05) is 6.54 Å². The third-order valence-corrected chi connectivity index (χ3v) is 3.56. The topological polar surface area (TPSA) is 71.3 Å². The van der Waals surface area contributed by atoms with Gasteiger partial charge in [0.25, 0.3) is 5.91 Å². The van der Waals surface area contributed by atoms with Gasteiger partial charge in [0.15, 0.2) is 5.76 Å². The van der Waals surface area contributed by atoms with Crippen molar-refractivity contribution >= 4 is 11.8 Å². The van der Waals surface area contributed by atoms with Crippen LogP contribution in [0, 0.1) is 0 Å². The molecule has 1 unspecified atom stereocenters. The van der Waals surface area contributed by atoms with E-state index in [0.29, 0.717) is 25.1 Å². The molecule has 1 fully saturated rings. The number of rotatable bonds is 3. The SMILES string of the molecule is O=C1CCC(NC(=O)c2occc2-c2ccccc2)CN1. The molecule has 2 N–H and O–H groups in total. The van der Waals surface area contributed by atoms with Crippen LogP contribution in [-0.4, -0.2) is 24.4 Å². The van der Waals surface area contributed by atoms with Gasteiger partial charge < -0.3 is 15.1 Å². The highest BCUT2D eigenvalue weighted by Gasteiger charge is 2.23. The van der Waals surface area contributed by atoms with Crippen LogP contribution in [0.3, 0.4) is 0 Å². The van der Waals surface area contributed by atoms with Gasteiger partial charge in [0, 0.05) is 24.6 Å². The van der Waals surface area contributed by atoms with Crippen molar-refractivity contribution in [1.82, 2.24) is 10.6 Å². The lowest BCUT2D eigenvalue weighted by molar-refractivity contribution is -0.122. The van der Waals surface area contributed by atoms with Gasteiger partial charge in [0.05, 0.1) is 6.26 Å². The lowest BCUT2D eigenvalue weighted by Crippen LogP contribution is -2.47. The van der Waals surface area contributed by atoms with Crippen LogP contribution < -0.4 is 10.6 Å². The number of hydrogen-bond donors (Lipinski definition) is 2. The minimum Gasteiger partial charge on any atom is -0.459 e. The Bertz CT molecular complexity index is 639. The number of furan rings is 1. The van der Waals surface area contributed by atoms with E-state index in [4.69, 9.17) is 4.42 Å². The van der Waals surface area contributed by atoms with Gasteiger partial charge in [0.2, 0.25) is 5.91 Å². The van der Waals surface area contributed by atoms with Crippen molar-refractivity contribution < 1.29 is 14.0 Å². The number of carbonyl (C=O) groups is 2. The summed E-state index contributed by atoms with van der Waals surface area (Å²) in [5, 5.41) is 5.65. The van der Waals surface area contributed by atoms with Crippen molar-refractivity contribution in [3.05, 3.63) is 48.4 Å². The molecule has 1 aliphatic rings. The molecule has 5 nitrogen and oxygen atoms in total. The fourth-order valence-electron chi connectivity index (χ4n) is 2.44. The Morgan fingerprint density at radius 3 is 2.76 bits per heavy atom. The summed E-state index contributed by atoms with van der Waals surface area (Å²) >= 11 is 0. The molecule has 5 heteroatoms. The van der Waals surface area contributed by atoms with Crippen molar-refractivity contribution in [1.29, 1.82) is 0 Å². The first-order valence-electron chi connectivity index (χ1n) is 6.94. The van der Waals surface area contributed by atoms with Crippen molar-refractivity contribution in [2.45, 2.75) is 18.9 Å². The molecular formula is C16H16N2O3. The highest BCUT2D eigenvalue weighted by Crippen LogP contribution is 2.24. The molecule has 21 heavy (non-hydrogen) atoms. The van der Waals surface area contributed by atoms with Crippen LogP contribution in [0.15, 0.2) is 47.1 Å². The van der Waals surface area contributed by atoms with E-state index in [2.05, 4.69) is 10.6 Å². The number of carbonyl (C=O) groups excluding carboxylic acids is 2. The van der Waals surface area contributed by atoms with Crippen LogP contribution in [0.4, 0.5) is 0 Å². The summed E-state index contributed by atoms with van der Waals surface area (Å²) < 4.78 is 5.34. The van der Waals surface area contributed by atoms with E-state index in [-0.39, 0.29) is 17.9 Å². The monoisotopic (exact) mass is 284 g/mol. The Kier molecular flexibility index (Phi) is 3.73. The van der Waals surface area contributed by atoms with Gasteiger partial charge in [-0.25, -0.2) is 0 Å². The Morgan fingerprint density at radius 2 is 2.05 bits per heavy atom. The summed E-state index contributed by atoms with van der Waals surface area (Å²) in [5.74, 6) is 0.0848. The zero-order chi connectivity index (χ0) is 14.7. The average molecular weight is 284 g/mol. The molecule has 0 aliphatic carbocycles. The second-order valence-corrected chi connectivity index (χ2v) is 5.04. The first kappa shape index (κ1) is 13.4. The molecule has 0 spiro atoms. The minimum absolute atomic E-state index is 0.0310. The zero-order valence-electron chi connectivity index (χ0n) is 11.5. The molecule has 1 aromatic heterocycles. The summed E-state index contributed by atoms with van der Waals surface area (Å²) in [6.45, 7) is 0.464. The van der Waals surface area contributed by atoms with Gasteiger partial charge >= 0.3 is 0 Å². The molecule has 0 saturated carbocycles. The van der Waals surface area contributed by atoms with E-state index in [1.54, 1.807) is 6.07 Å². The Labute approximate surface area is 122 Å². The molecular weight excluding hydrogens is 268 g/mol. The third kappa shape index (κ3) is 2.97. The van der Waals surface area contributed by atoms with Crippen LogP contribution >= 0.6 is 0 Å². The fourth-order valence-corrected chi connectivity index (χ4v) is 2.44. The largest absolute Gasteiger partial charge is 0.459 e. The van der Waals surface area contributed by atoms with Gasteiger partial charge in [-0.3, -0.25) is 9.59 Å². The Balaban J connectivity index is 1.74. The van der Waals surface area contributed by atoms with E-state index < -0.39 is 0 Å². The van der Waals surface area contributed by atoms with Gasteiger partial charge in [-0.1, -0.05) is 30.3 Å². The second-order valence-electron chi connectivity index (χ2n) is 5.04. The normalized spacial score (nSPS) is 18.1. The van der Waals surface area contributed by atoms with Crippen molar-refractivity contribution in [2.24, 2.45) is 0 Å². The van der Waals surface area contributed by atoms with E-state index in [9.17, 15) is 9.59 Å². The summed E-state index contributed by atoms with van der Waals surface area (Å²) in [6.07, 6.45) is 2.60. The number of hydrogen-bond acceptors (Lipinski definition) is 3. The van der Waals surface area contributed by atoms with Gasteiger partial charge in [0.1, 0.15) is 0 Å². The Morgan fingerprint density at radius 1 is 1.24 bits per heavy atom. The summed E-state index contributed by atoms with van der Waals surface area (Å²) in [7, 11) is 0. The van der Waals surface area contributed by atoms with Gasteiger partial charge in [-0.05, 0) is 18.1 Å². The number of benzene rings is 1. The molecule has 0 bridgehead atoms. The molecule has 108 valence electrons. The highest BCUT2D eigenvalue weighted by atomic mass is 16.3. The first-order valence-corrected chi connectivity index (χ1v) is 6.94. The molecule has 2 amide bonds. The third-order valence-electron chi connectivity index (χ3n) is 3.56. The predicted molar refractivity (Wildman–Crippen MR) is 77.6 cm³/mol. The smallest absolute Gasteiger partial charge is 0.287 e. The summed E-state index contributed by atoms with van der Waals surface area (Å²) in [5.41, 5.74) is 1.71. The summed E-state index contributed by atoms with van der Waals surface area (Å²) in [6, 6.07) is 11.4. The van der Waals surface area contributed by atoms with Crippen molar-refractivity contribution in [3.63, 3.8) is 0 Å².